The third-order valence-corrected chi connectivity index (χ3v) is 7.05. The zero-order valence-electron chi connectivity index (χ0n) is 19.1. The molecule has 4 amide bonds. The summed E-state index contributed by atoms with van der Waals surface area (Å²) in [7, 11) is 1.76. The lowest BCUT2D eigenvalue weighted by molar-refractivity contribution is -0.136. The summed E-state index contributed by atoms with van der Waals surface area (Å²) in [5, 5.41) is 2.31. The number of nitrogens with one attached hydrogen (secondary N) is 1. The molecule has 1 saturated heterocycles. The highest BCUT2D eigenvalue weighted by molar-refractivity contribution is 9.10. The first-order valence-corrected chi connectivity index (χ1v) is 12.0. The van der Waals surface area contributed by atoms with Gasteiger partial charge in [-0.2, -0.15) is 0 Å². The number of fused-ring (bicyclic) bond motifs is 1. The van der Waals surface area contributed by atoms with Crippen molar-refractivity contribution < 1.29 is 23.9 Å². The lowest BCUT2D eigenvalue weighted by Crippen LogP contribution is -2.52. The molecule has 2 aromatic rings. The molecule has 0 aromatic heterocycles. The Morgan fingerprint density at radius 3 is 2.76 bits per heavy atom. The molecule has 2 aliphatic heterocycles. The SMILES string of the molecule is Cc1ccc(C(=O)N(C)CCCOc2cccc3c2CN(C2CCC(=O)NC2=O)C3=O)cc1Br. The van der Waals surface area contributed by atoms with E-state index in [1.54, 1.807) is 30.1 Å². The van der Waals surface area contributed by atoms with Gasteiger partial charge in [-0.05, 0) is 49.6 Å². The maximum Gasteiger partial charge on any atom is 0.255 e. The van der Waals surface area contributed by atoms with Gasteiger partial charge in [0.05, 0.1) is 13.2 Å². The van der Waals surface area contributed by atoms with Gasteiger partial charge in [0.15, 0.2) is 0 Å². The van der Waals surface area contributed by atoms with Crippen molar-refractivity contribution in [1.82, 2.24) is 15.1 Å². The summed E-state index contributed by atoms with van der Waals surface area (Å²) in [4.78, 5) is 52.4. The van der Waals surface area contributed by atoms with Gasteiger partial charge in [-0.25, -0.2) is 0 Å². The smallest absolute Gasteiger partial charge is 0.255 e. The van der Waals surface area contributed by atoms with E-state index < -0.39 is 11.9 Å². The van der Waals surface area contributed by atoms with Gasteiger partial charge in [-0.15, -0.1) is 0 Å². The van der Waals surface area contributed by atoms with Gasteiger partial charge in [-0.3, -0.25) is 24.5 Å². The Labute approximate surface area is 206 Å². The number of piperidine rings is 1. The van der Waals surface area contributed by atoms with Crippen molar-refractivity contribution in [3.8, 4) is 5.75 Å². The van der Waals surface area contributed by atoms with Gasteiger partial charge >= 0.3 is 0 Å². The zero-order chi connectivity index (χ0) is 24.4. The van der Waals surface area contributed by atoms with Crippen molar-refractivity contribution in [3.05, 3.63) is 63.1 Å². The van der Waals surface area contributed by atoms with Crippen molar-refractivity contribution in [3.63, 3.8) is 0 Å². The minimum absolute atomic E-state index is 0.0632. The van der Waals surface area contributed by atoms with E-state index in [9.17, 15) is 19.2 Å². The van der Waals surface area contributed by atoms with E-state index in [1.165, 1.54) is 4.90 Å². The van der Waals surface area contributed by atoms with E-state index >= 15 is 0 Å². The number of amides is 4. The molecule has 34 heavy (non-hydrogen) atoms. The number of benzene rings is 2. The molecule has 0 saturated carbocycles. The van der Waals surface area contributed by atoms with E-state index in [0.29, 0.717) is 42.9 Å². The second-order valence-corrected chi connectivity index (χ2v) is 9.43. The highest BCUT2D eigenvalue weighted by Gasteiger charge is 2.40. The first-order chi connectivity index (χ1) is 16.3. The van der Waals surface area contributed by atoms with Gasteiger partial charge in [0.1, 0.15) is 11.8 Å². The molecule has 2 aliphatic rings. The minimum atomic E-state index is -0.660. The van der Waals surface area contributed by atoms with Crippen LogP contribution in [0.4, 0.5) is 0 Å². The number of aryl methyl sites for hydroxylation is 1. The molecule has 0 radical (unpaired) electrons. The Morgan fingerprint density at radius 2 is 2.03 bits per heavy atom. The quantitative estimate of drug-likeness (QED) is 0.441. The van der Waals surface area contributed by atoms with Crippen molar-refractivity contribution in [2.24, 2.45) is 0 Å². The van der Waals surface area contributed by atoms with Gasteiger partial charge in [0, 0.05) is 41.2 Å². The van der Waals surface area contributed by atoms with Crippen LogP contribution in [0.3, 0.4) is 0 Å². The van der Waals surface area contributed by atoms with Crippen LogP contribution in [0, 0.1) is 6.92 Å². The van der Waals surface area contributed by atoms with E-state index in [1.807, 2.05) is 25.1 Å². The topological polar surface area (TPSA) is 96.0 Å². The lowest BCUT2D eigenvalue weighted by Gasteiger charge is -2.29. The molecule has 4 rings (SSSR count). The number of carbonyl (C=O) groups is 4. The molecule has 1 unspecified atom stereocenters. The van der Waals surface area contributed by atoms with Crippen LogP contribution in [0.15, 0.2) is 40.9 Å². The first kappa shape index (κ1) is 23.9. The predicted molar refractivity (Wildman–Crippen MR) is 128 cm³/mol. The fraction of sp³-hybridized carbons (Fsp3) is 0.360. The van der Waals surface area contributed by atoms with E-state index in [4.69, 9.17) is 4.74 Å². The van der Waals surface area contributed by atoms with Crippen LogP contribution in [0.5, 0.6) is 5.75 Å². The molecule has 2 heterocycles. The lowest BCUT2D eigenvalue weighted by atomic mass is 10.0. The van der Waals surface area contributed by atoms with E-state index in [0.717, 1.165) is 15.6 Å². The van der Waals surface area contributed by atoms with Crippen molar-refractivity contribution in [1.29, 1.82) is 0 Å². The fourth-order valence-corrected chi connectivity index (χ4v) is 4.60. The largest absolute Gasteiger partial charge is 0.493 e. The van der Waals surface area contributed by atoms with Crippen LogP contribution in [0.25, 0.3) is 0 Å². The van der Waals surface area contributed by atoms with E-state index in [-0.39, 0.29) is 30.7 Å². The summed E-state index contributed by atoms with van der Waals surface area (Å²) in [5.41, 5.74) is 2.94. The normalized spacial score (nSPS) is 17.4. The number of carbonyl (C=O) groups excluding carboxylic acids is 4. The van der Waals surface area contributed by atoms with Crippen LogP contribution in [0.2, 0.25) is 0 Å². The second kappa shape index (κ2) is 9.97. The van der Waals surface area contributed by atoms with Gasteiger partial charge in [0.2, 0.25) is 11.8 Å². The van der Waals surface area contributed by atoms with Gasteiger partial charge in [-0.1, -0.05) is 28.1 Å². The summed E-state index contributed by atoms with van der Waals surface area (Å²) in [5.74, 6) is -0.450. The highest BCUT2D eigenvalue weighted by Crippen LogP contribution is 2.33. The summed E-state index contributed by atoms with van der Waals surface area (Å²) in [6.07, 6.45) is 1.15. The zero-order valence-corrected chi connectivity index (χ0v) is 20.7. The summed E-state index contributed by atoms with van der Waals surface area (Å²) < 4.78 is 6.87. The molecule has 9 heteroatoms. The molecular formula is C25H26BrN3O5. The fourth-order valence-electron chi connectivity index (χ4n) is 4.22. The number of rotatable bonds is 7. The van der Waals surface area contributed by atoms with Crippen molar-refractivity contribution in [2.75, 3.05) is 20.2 Å². The highest BCUT2D eigenvalue weighted by atomic mass is 79.9. The number of hydrogen-bond acceptors (Lipinski definition) is 5. The summed E-state index contributed by atoms with van der Waals surface area (Å²) in [6.45, 7) is 3.12. The van der Waals surface area contributed by atoms with Crippen LogP contribution in [-0.2, 0) is 16.1 Å². The maximum atomic E-state index is 12.9. The Bertz CT molecular complexity index is 1170. The number of hydrogen-bond donors (Lipinski definition) is 1. The molecule has 1 N–H and O–H groups in total. The Kier molecular flexibility index (Phi) is 7.02. The predicted octanol–water partition coefficient (Wildman–Crippen LogP) is 3.06. The van der Waals surface area contributed by atoms with Crippen LogP contribution >= 0.6 is 15.9 Å². The molecule has 0 bridgehead atoms. The average Bonchev–Trinajstić information content (AvgIpc) is 3.15. The molecule has 1 fully saturated rings. The van der Waals surface area contributed by atoms with Crippen molar-refractivity contribution in [2.45, 2.75) is 38.8 Å². The number of halogens is 1. The molecule has 2 aromatic carbocycles. The number of imide groups is 1. The minimum Gasteiger partial charge on any atom is -0.493 e. The number of nitrogens with zero attached hydrogens (tertiary/aromatic N) is 2. The molecule has 1 atom stereocenters. The monoisotopic (exact) mass is 527 g/mol. The van der Waals surface area contributed by atoms with Crippen LogP contribution in [-0.4, -0.2) is 59.7 Å². The molecule has 0 spiro atoms. The average molecular weight is 528 g/mol. The van der Waals surface area contributed by atoms with Crippen molar-refractivity contribution >= 4 is 39.6 Å². The van der Waals surface area contributed by atoms with Crippen LogP contribution < -0.4 is 10.1 Å². The molecule has 0 aliphatic carbocycles. The summed E-state index contributed by atoms with van der Waals surface area (Å²) in [6, 6.07) is 10.2. The Morgan fingerprint density at radius 1 is 1.24 bits per heavy atom. The third kappa shape index (κ3) is 4.84. The maximum absolute atomic E-state index is 12.9. The Balaban J connectivity index is 1.34. The molecule has 178 valence electrons. The van der Waals surface area contributed by atoms with Gasteiger partial charge < -0.3 is 14.5 Å². The second-order valence-electron chi connectivity index (χ2n) is 8.57. The van der Waals surface area contributed by atoms with Crippen LogP contribution in [0.1, 0.15) is 51.1 Å². The third-order valence-electron chi connectivity index (χ3n) is 6.20. The summed E-state index contributed by atoms with van der Waals surface area (Å²) >= 11 is 3.46. The molecule has 8 nitrogen and oxygen atoms in total. The van der Waals surface area contributed by atoms with E-state index in [2.05, 4.69) is 21.2 Å². The van der Waals surface area contributed by atoms with Gasteiger partial charge in [0.25, 0.3) is 11.8 Å². The Hall–Kier alpha value is -3.20. The molecular weight excluding hydrogens is 502 g/mol. The standard InChI is InChI=1S/C25H26BrN3O5/c1-15-7-8-16(13-19(15)26)24(32)28(2)11-4-12-34-21-6-3-5-17-18(21)14-29(25(17)33)20-9-10-22(30)27-23(20)31/h3,5-8,13,20H,4,9-12,14H2,1-2H3,(H,27,30,31). The first-order valence-electron chi connectivity index (χ1n) is 11.2. The number of ether oxygens (including phenoxy) is 1.